The second-order valence-electron chi connectivity index (χ2n) is 7.48. The van der Waals surface area contributed by atoms with Gasteiger partial charge in [-0.1, -0.05) is 36.4 Å². The van der Waals surface area contributed by atoms with Gasteiger partial charge in [0.05, 0.1) is 16.9 Å². The van der Waals surface area contributed by atoms with Crippen LogP contribution in [0, 0.1) is 0 Å². The predicted octanol–water partition coefficient (Wildman–Crippen LogP) is 4.60. The third kappa shape index (κ3) is 3.87. The Hall–Kier alpha value is -3.18. The molecule has 146 valence electrons. The van der Waals surface area contributed by atoms with Crippen LogP contribution in [0.15, 0.2) is 77.5 Å². The maximum Gasteiger partial charge on any atom is 0.226 e. The van der Waals surface area contributed by atoms with Crippen LogP contribution in [0.2, 0.25) is 0 Å². The van der Waals surface area contributed by atoms with Gasteiger partial charge in [-0.15, -0.1) is 0 Å². The smallest absolute Gasteiger partial charge is 0.226 e. The normalized spacial score (nSPS) is 15.5. The first kappa shape index (κ1) is 17.9. The molecule has 0 unspecified atom stereocenters. The monoisotopic (exact) mass is 384 g/mol. The lowest BCUT2D eigenvalue weighted by Gasteiger charge is -2.24. The lowest BCUT2D eigenvalue weighted by molar-refractivity contribution is 0.282. The molecule has 4 aromatic rings. The number of benzene rings is 2. The summed E-state index contributed by atoms with van der Waals surface area (Å²) in [5.41, 5.74) is 4.33. The van der Waals surface area contributed by atoms with E-state index in [2.05, 4.69) is 39.0 Å². The van der Waals surface area contributed by atoms with Crippen LogP contribution in [0.1, 0.15) is 12.1 Å². The number of anilines is 1. The molecule has 3 heterocycles. The standard InChI is InChI=1S/C24H24N4O/c1-2-7-20(8-3-1)24-26-21(18-29-24)17-27-13-6-14-28(16-15-27)22-11-4-9-19-10-5-12-25-23(19)22/h1-5,7-12,18H,6,13-17H2. The summed E-state index contributed by atoms with van der Waals surface area (Å²) >= 11 is 0. The van der Waals surface area contributed by atoms with Gasteiger partial charge in [0.2, 0.25) is 5.89 Å². The second kappa shape index (κ2) is 8.05. The summed E-state index contributed by atoms with van der Waals surface area (Å²) < 4.78 is 5.71. The first-order valence-electron chi connectivity index (χ1n) is 10.2. The van der Waals surface area contributed by atoms with Crippen molar-refractivity contribution >= 4 is 16.6 Å². The van der Waals surface area contributed by atoms with E-state index in [1.165, 1.54) is 11.1 Å². The van der Waals surface area contributed by atoms with Crippen LogP contribution < -0.4 is 4.90 Å². The van der Waals surface area contributed by atoms with Gasteiger partial charge >= 0.3 is 0 Å². The predicted molar refractivity (Wildman–Crippen MR) is 116 cm³/mol. The molecule has 1 fully saturated rings. The Morgan fingerprint density at radius 1 is 0.862 bits per heavy atom. The molecule has 1 aliphatic heterocycles. The zero-order valence-corrected chi connectivity index (χ0v) is 16.4. The second-order valence-corrected chi connectivity index (χ2v) is 7.48. The van der Waals surface area contributed by atoms with Crippen LogP contribution in [0.25, 0.3) is 22.4 Å². The Morgan fingerprint density at radius 2 is 1.76 bits per heavy atom. The summed E-state index contributed by atoms with van der Waals surface area (Å²) in [6.45, 7) is 4.90. The molecule has 0 N–H and O–H groups in total. The molecule has 5 heteroatoms. The van der Waals surface area contributed by atoms with Crippen molar-refractivity contribution in [2.45, 2.75) is 13.0 Å². The van der Waals surface area contributed by atoms with Crippen molar-refractivity contribution in [3.63, 3.8) is 0 Å². The number of hydrogen-bond acceptors (Lipinski definition) is 5. The Bertz CT molecular complexity index is 1090. The molecular weight excluding hydrogens is 360 g/mol. The van der Waals surface area contributed by atoms with Gasteiger partial charge in [0.1, 0.15) is 6.26 Å². The van der Waals surface area contributed by atoms with Gasteiger partial charge in [-0.05, 0) is 30.7 Å². The van der Waals surface area contributed by atoms with Gasteiger partial charge < -0.3 is 9.32 Å². The number of para-hydroxylation sites is 1. The van der Waals surface area contributed by atoms with Crippen LogP contribution >= 0.6 is 0 Å². The van der Waals surface area contributed by atoms with E-state index in [1.807, 2.05) is 42.6 Å². The van der Waals surface area contributed by atoms with E-state index in [0.717, 1.165) is 55.9 Å². The molecule has 1 aliphatic rings. The van der Waals surface area contributed by atoms with Gasteiger partial charge in [0, 0.05) is 49.9 Å². The first-order chi connectivity index (χ1) is 14.4. The average Bonchev–Trinajstić information content (AvgIpc) is 3.12. The Morgan fingerprint density at radius 3 is 2.69 bits per heavy atom. The van der Waals surface area contributed by atoms with Gasteiger partial charge in [-0.3, -0.25) is 9.88 Å². The van der Waals surface area contributed by atoms with Gasteiger partial charge in [-0.2, -0.15) is 0 Å². The maximum absolute atomic E-state index is 5.71. The Kier molecular flexibility index (Phi) is 4.97. The van der Waals surface area contributed by atoms with E-state index in [-0.39, 0.29) is 0 Å². The molecule has 5 rings (SSSR count). The van der Waals surface area contributed by atoms with Crippen molar-refractivity contribution in [2.75, 3.05) is 31.1 Å². The first-order valence-corrected chi connectivity index (χ1v) is 10.2. The Labute approximate surface area is 170 Å². The van der Waals surface area contributed by atoms with Crippen LogP contribution in [0.5, 0.6) is 0 Å². The van der Waals surface area contributed by atoms with Crippen molar-refractivity contribution in [2.24, 2.45) is 0 Å². The number of fused-ring (bicyclic) bond motifs is 1. The summed E-state index contributed by atoms with van der Waals surface area (Å²) in [6, 6.07) is 20.6. The van der Waals surface area contributed by atoms with Crippen LogP contribution in [0.3, 0.4) is 0 Å². The number of pyridine rings is 1. The van der Waals surface area contributed by atoms with E-state index >= 15 is 0 Å². The van der Waals surface area contributed by atoms with Gasteiger partial charge in [0.25, 0.3) is 0 Å². The highest BCUT2D eigenvalue weighted by atomic mass is 16.3. The molecular formula is C24H24N4O. The number of hydrogen-bond donors (Lipinski definition) is 0. The fourth-order valence-corrected chi connectivity index (χ4v) is 4.04. The summed E-state index contributed by atoms with van der Waals surface area (Å²) in [5.74, 6) is 0.693. The maximum atomic E-state index is 5.71. The van der Waals surface area contributed by atoms with Crippen LogP contribution in [-0.2, 0) is 6.54 Å². The zero-order valence-electron chi connectivity index (χ0n) is 16.4. The number of oxazole rings is 1. The van der Waals surface area contributed by atoms with Gasteiger partial charge in [-0.25, -0.2) is 4.98 Å². The van der Waals surface area contributed by atoms with E-state index in [1.54, 1.807) is 6.26 Å². The van der Waals surface area contributed by atoms with Crippen molar-refractivity contribution in [1.29, 1.82) is 0 Å². The highest BCUT2D eigenvalue weighted by Gasteiger charge is 2.18. The minimum Gasteiger partial charge on any atom is -0.444 e. The van der Waals surface area contributed by atoms with Crippen LogP contribution in [-0.4, -0.2) is 41.0 Å². The SMILES string of the molecule is c1ccc(-c2nc(CN3CCCN(c4cccc5cccnc45)CC3)co2)cc1. The summed E-state index contributed by atoms with van der Waals surface area (Å²) in [5, 5.41) is 1.20. The topological polar surface area (TPSA) is 45.4 Å². The molecule has 2 aromatic carbocycles. The molecule has 1 saturated heterocycles. The van der Waals surface area contributed by atoms with E-state index in [4.69, 9.17) is 9.40 Å². The number of aromatic nitrogens is 2. The van der Waals surface area contributed by atoms with Crippen molar-refractivity contribution < 1.29 is 4.42 Å². The van der Waals surface area contributed by atoms with Crippen LogP contribution in [0.4, 0.5) is 5.69 Å². The van der Waals surface area contributed by atoms with Crippen molar-refractivity contribution in [3.05, 3.63) is 78.8 Å². The number of nitrogens with zero attached hydrogens (tertiary/aromatic N) is 4. The third-order valence-electron chi connectivity index (χ3n) is 5.50. The average molecular weight is 384 g/mol. The fourth-order valence-electron chi connectivity index (χ4n) is 4.04. The molecule has 2 aromatic heterocycles. The largest absolute Gasteiger partial charge is 0.444 e. The van der Waals surface area contributed by atoms with Gasteiger partial charge in [0.15, 0.2) is 0 Å². The molecule has 0 radical (unpaired) electrons. The summed E-state index contributed by atoms with van der Waals surface area (Å²) in [6.07, 6.45) is 4.79. The van der Waals surface area contributed by atoms with E-state index in [9.17, 15) is 0 Å². The molecule has 29 heavy (non-hydrogen) atoms. The summed E-state index contributed by atoms with van der Waals surface area (Å²) in [7, 11) is 0. The molecule has 0 saturated carbocycles. The minimum absolute atomic E-state index is 0.693. The molecule has 0 aliphatic carbocycles. The minimum atomic E-state index is 0.693. The lowest BCUT2D eigenvalue weighted by Crippen LogP contribution is -2.30. The molecule has 5 nitrogen and oxygen atoms in total. The quantitative estimate of drug-likeness (QED) is 0.514. The van der Waals surface area contributed by atoms with E-state index in [0.29, 0.717) is 5.89 Å². The number of rotatable bonds is 4. The highest BCUT2D eigenvalue weighted by molar-refractivity contribution is 5.90. The molecule has 0 bridgehead atoms. The summed E-state index contributed by atoms with van der Waals surface area (Å²) in [4.78, 5) is 14.2. The van der Waals surface area contributed by atoms with Crippen molar-refractivity contribution in [3.8, 4) is 11.5 Å². The Balaban J connectivity index is 1.28. The molecule has 0 spiro atoms. The highest BCUT2D eigenvalue weighted by Crippen LogP contribution is 2.26. The molecule has 0 atom stereocenters. The third-order valence-corrected chi connectivity index (χ3v) is 5.50. The van der Waals surface area contributed by atoms with E-state index < -0.39 is 0 Å². The zero-order chi connectivity index (χ0) is 19.5. The molecule has 0 amide bonds. The fraction of sp³-hybridized carbons (Fsp3) is 0.250. The lowest BCUT2D eigenvalue weighted by atomic mass is 10.1. The van der Waals surface area contributed by atoms with Crippen molar-refractivity contribution in [1.82, 2.24) is 14.9 Å².